The summed E-state index contributed by atoms with van der Waals surface area (Å²) in [5, 5.41) is 10.5. The second-order valence-electron chi connectivity index (χ2n) is 12.2. The second-order valence-corrected chi connectivity index (χ2v) is 12.2. The van der Waals surface area contributed by atoms with Gasteiger partial charge in [0.05, 0.1) is 19.8 Å². The Bertz CT molecular complexity index is 1200. The molecular weight excluding hydrogens is 608 g/mol. The predicted octanol–water partition coefficient (Wildman–Crippen LogP) is 4.07. The summed E-state index contributed by atoms with van der Waals surface area (Å²) < 4.78 is 21.0. The number of amides is 4. The van der Waals surface area contributed by atoms with E-state index >= 15 is 0 Å². The van der Waals surface area contributed by atoms with Gasteiger partial charge in [0, 0.05) is 18.7 Å². The maximum Gasteiger partial charge on any atom is 0.407 e. The lowest BCUT2D eigenvalue weighted by atomic mass is 10.0. The van der Waals surface area contributed by atoms with Crippen LogP contribution in [0.4, 0.5) is 15.3 Å². The van der Waals surface area contributed by atoms with Gasteiger partial charge in [-0.3, -0.25) is 14.4 Å². The van der Waals surface area contributed by atoms with Crippen LogP contribution in [0.25, 0.3) is 0 Å². The molecule has 260 valence electrons. The first-order valence-corrected chi connectivity index (χ1v) is 16.5. The van der Waals surface area contributed by atoms with Gasteiger partial charge in [-0.1, -0.05) is 45.1 Å². The Morgan fingerprint density at radius 1 is 0.809 bits per heavy atom. The van der Waals surface area contributed by atoms with Crippen LogP contribution in [0.5, 0.6) is 0 Å². The normalized spacial score (nSPS) is 20.2. The summed E-state index contributed by atoms with van der Waals surface area (Å²) in [7, 11) is 0. The van der Waals surface area contributed by atoms with E-state index in [4.69, 9.17) is 18.9 Å². The standard InChI is InChI=1S/C34H50N4O9/c1-5-29(39)46-20-24-12-14-25(15-13-24)37-31(40)23(4)36-32(41)30(22(2)3)38-34(43)45-19-18-44-17-16-35-33(42)47-21-28-26-10-8-6-7-9-11-27(26)28/h6-7,12-15,22-23,26-28,30H,5,8-11,16-21H2,1-4H3,(H,35,42)(H,36,41)(H,37,40)(H,38,43)/b7-6-/t23-,26-,27+,28-,30-/m0/s1. The summed E-state index contributed by atoms with van der Waals surface area (Å²) in [5.74, 6) is 0.220. The number of allylic oxidation sites excluding steroid dienone is 2. The largest absolute Gasteiger partial charge is 0.461 e. The molecule has 4 amide bonds. The SMILES string of the molecule is CCC(=O)OCc1ccc(NC(=O)[C@H](C)NC(=O)[C@@H](NC(=O)OCCOCCNC(=O)OC[C@@H]2[C@@H]3CC/C=C\CC[C@@H]32)C(C)C)cc1. The van der Waals surface area contributed by atoms with E-state index in [0.29, 0.717) is 36.5 Å². The first-order chi connectivity index (χ1) is 22.6. The van der Waals surface area contributed by atoms with E-state index in [9.17, 15) is 24.0 Å². The monoisotopic (exact) mass is 658 g/mol. The van der Waals surface area contributed by atoms with Crippen molar-refractivity contribution in [1.29, 1.82) is 0 Å². The molecule has 0 spiro atoms. The Hall–Kier alpha value is -4.13. The minimum atomic E-state index is -0.941. The third kappa shape index (κ3) is 13.3. The summed E-state index contributed by atoms with van der Waals surface area (Å²) in [6, 6.07) is 4.96. The van der Waals surface area contributed by atoms with Crippen molar-refractivity contribution < 1.29 is 42.9 Å². The Labute approximate surface area is 276 Å². The number of carbonyl (C=O) groups is 5. The minimum Gasteiger partial charge on any atom is -0.461 e. The van der Waals surface area contributed by atoms with Gasteiger partial charge in [-0.25, -0.2) is 9.59 Å². The number of nitrogens with one attached hydrogen (secondary N) is 4. The summed E-state index contributed by atoms with van der Waals surface area (Å²) in [6.45, 7) is 7.87. The van der Waals surface area contributed by atoms with Gasteiger partial charge in [-0.2, -0.15) is 0 Å². The van der Waals surface area contributed by atoms with Crippen molar-refractivity contribution in [2.24, 2.45) is 23.7 Å². The number of benzene rings is 1. The molecule has 2 aliphatic carbocycles. The molecule has 5 atom stereocenters. The average molecular weight is 659 g/mol. The molecule has 4 N–H and O–H groups in total. The Morgan fingerprint density at radius 3 is 2.13 bits per heavy atom. The molecule has 13 nitrogen and oxygen atoms in total. The topological polar surface area (TPSA) is 170 Å². The molecule has 0 radical (unpaired) electrons. The molecule has 0 aromatic heterocycles. The smallest absolute Gasteiger partial charge is 0.407 e. The molecule has 3 rings (SSSR count). The highest BCUT2D eigenvalue weighted by atomic mass is 16.6. The van der Waals surface area contributed by atoms with E-state index in [1.165, 1.54) is 6.92 Å². The zero-order valence-electron chi connectivity index (χ0n) is 27.9. The van der Waals surface area contributed by atoms with Crippen LogP contribution >= 0.6 is 0 Å². The highest BCUT2D eigenvalue weighted by Gasteiger charge is 2.49. The predicted molar refractivity (Wildman–Crippen MR) is 174 cm³/mol. The molecule has 1 saturated carbocycles. The second kappa shape index (κ2) is 19.5. The van der Waals surface area contributed by atoms with Gasteiger partial charge < -0.3 is 40.2 Å². The van der Waals surface area contributed by atoms with E-state index in [2.05, 4.69) is 33.4 Å². The minimum absolute atomic E-state index is 0.0549. The van der Waals surface area contributed by atoms with Gasteiger partial charge in [0.1, 0.15) is 25.3 Å². The molecule has 1 aromatic rings. The van der Waals surface area contributed by atoms with Gasteiger partial charge in [-0.15, -0.1) is 0 Å². The first-order valence-electron chi connectivity index (χ1n) is 16.5. The van der Waals surface area contributed by atoms with Crippen LogP contribution < -0.4 is 21.3 Å². The lowest BCUT2D eigenvalue weighted by molar-refractivity contribution is -0.144. The van der Waals surface area contributed by atoms with Crippen LogP contribution in [-0.4, -0.2) is 75.0 Å². The highest BCUT2D eigenvalue weighted by molar-refractivity contribution is 5.98. The van der Waals surface area contributed by atoms with E-state index in [1.54, 1.807) is 45.0 Å². The van der Waals surface area contributed by atoms with Crippen LogP contribution in [0, 0.1) is 23.7 Å². The summed E-state index contributed by atoms with van der Waals surface area (Å²) in [5.41, 5.74) is 1.28. The summed E-state index contributed by atoms with van der Waals surface area (Å²) in [6.07, 6.45) is 8.03. The number of ether oxygens (including phenoxy) is 4. The van der Waals surface area contributed by atoms with Crippen LogP contribution in [0.1, 0.15) is 65.4 Å². The van der Waals surface area contributed by atoms with Crippen LogP contribution in [0.15, 0.2) is 36.4 Å². The van der Waals surface area contributed by atoms with Gasteiger partial charge >= 0.3 is 18.2 Å². The quantitative estimate of drug-likeness (QED) is 0.0834. The number of hydrogen-bond acceptors (Lipinski definition) is 9. The van der Waals surface area contributed by atoms with Crippen molar-refractivity contribution in [1.82, 2.24) is 16.0 Å². The number of fused-ring (bicyclic) bond motifs is 1. The number of esters is 1. The number of rotatable bonds is 17. The summed E-state index contributed by atoms with van der Waals surface area (Å²) >= 11 is 0. The van der Waals surface area contributed by atoms with Gasteiger partial charge in [0.15, 0.2) is 0 Å². The third-order valence-corrected chi connectivity index (χ3v) is 8.28. The number of carbonyl (C=O) groups excluding carboxylic acids is 5. The van der Waals surface area contributed by atoms with E-state index < -0.39 is 36.1 Å². The maximum atomic E-state index is 12.9. The molecule has 0 unspecified atom stereocenters. The van der Waals surface area contributed by atoms with Gasteiger partial charge in [0.25, 0.3) is 0 Å². The van der Waals surface area contributed by atoms with Crippen molar-refractivity contribution in [3.63, 3.8) is 0 Å². The molecule has 13 heteroatoms. The Morgan fingerprint density at radius 2 is 1.49 bits per heavy atom. The molecule has 0 heterocycles. The Kier molecular flexibility index (Phi) is 15.5. The molecule has 47 heavy (non-hydrogen) atoms. The zero-order valence-corrected chi connectivity index (χ0v) is 27.9. The first kappa shape index (κ1) is 37.3. The molecule has 1 fully saturated rings. The van der Waals surface area contributed by atoms with Crippen molar-refractivity contribution in [3.8, 4) is 0 Å². The number of anilines is 1. The van der Waals surface area contributed by atoms with Crippen LogP contribution in [-0.2, 0) is 39.9 Å². The molecular formula is C34H50N4O9. The van der Waals surface area contributed by atoms with Crippen molar-refractivity contribution in [2.75, 3.05) is 38.3 Å². The van der Waals surface area contributed by atoms with E-state index in [1.807, 2.05) is 0 Å². The van der Waals surface area contributed by atoms with Crippen LogP contribution in [0.2, 0.25) is 0 Å². The highest BCUT2D eigenvalue weighted by Crippen LogP contribution is 2.52. The lowest BCUT2D eigenvalue weighted by Crippen LogP contribution is -2.53. The zero-order chi connectivity index (χ0) is 34.2. The van der Waals surface area contributed by atoms with Crippen molar-refractivity contribution in [2.45, 2.75) is 78.5 Å². The lowest BCUT2D eigenvalue weighted by Gasteiger charge is -2.23. The number of hydrogen-bond donors (Lipinski definition) is 4. The van der Waals surface area contributed by atoms with Crippen molar-refractivity contribution >= 4 is 35.7 Å². The number of alkyl carbamates (subject to hydrolysis) is 2. The third-order valence-electron chi connectivity index (χ3n) is 8.28. The van der Waals surface area contributed by atoms with Crippen molar-refractivity contribution in [3.05, 3.63) is 42.0 Å². The maximum absolute atomic E-state index is 12.9. The molecule has 0 saturated heterocycles. The fourth-order valence-corrected chi connectivity index (χ4v) is 5.46. The fraction of sp³-hybridized carbons (Fsp3) is 0.618. The molecule has 1 aromatic carbocycles. The molecule has 2 aliphatic rings. The van der Waals surface area contributed by atoms with E-state index in [0.717, 1.165) is 31.2 Å². The molecule has 0 aliphatic heterocycles. The van der Waals surface area contributed by atoms with Gasteiger partial charge in [-0.05, 0) is 74.0 Å². The fourth-order valence-electron chi connectivity index (χ4n) is 5.46. The Balaban J connectivity index is 1.26. The van der Waals surface area contributed by atoms with Gasteiger partial charge in [0.2, 0.25) is 11.8 Å². The van der Waals surface area contributed by atoms with E-state index in [-0.39, 0.29) is 44.9 Å². The molecule has 0 bridgehead atoms. The van der Waals surface area contributed by atoms with Crippen LogP contribution in [0.3, 0.4) is 0 Å². The average Bonchev–Trinajstić information content (AvgIpc) is 3.69. The summed E-state index contributed by atoms with van der Waals surface area (Å²) in [4.78, 5) is 61.2.